The van der Waals surface area contributed by atoms with Crippen molar-refractivity contribution in [3.8, 4) is 0 Å². The van der Waals surface area contributed by atoms with Crippen LogP contribution in [0.1, 0.15) is 23.7 Å². The molecule has 0 amide bonds. The highest BCUT2D eigenvalue weighted by molar-refractivity contribution is 9.10. The largest absolute Gasteiger partial charge is 0.338 e. The van der Waals surface area contributed by atoms with Gasteiger partial charge in [0.2, 0.25) is 5.89 Å². The topological polar surface area (TPSA) is 54.2 Å². The second-order valence-corrected chi connectivity index (χ2v) is 6.21. The zero-order chi connectivity index (χ0) is 14.5. The molecule has 1 aliphatic rings. The Bertz CT molecular complexity index is 584. The summed E-state index contributed by atoms with van der Waals surface area (Å²) in [5.41, 5.74) is 1.18. The summed E-state index contributed by atoms with van der Waals surface area (Å²) in [7, 11) is 0. The predicted molar refractivity (Wildman–Crippen MR) is 91.3 cm³/mol. The number of aromatic nitrogens is 2. The fourth-order valence-electron chi connectivity index (χ4n) is 2.51. The van der Waals surface area contributed by atoms with Crippen molar-refractivity contribution >= 4 is 28.3 Å². The number of benzene rings is 1. The van der Waals surface area contributed by atoms with Crippen molar-refractivity contribution in [2.24, 2.45) is 0 Å². The van der Waals surface area contributed by atoms with Gasteiger partial charge in [0, 0.05) is 24.0 Å². The molecule has 2 heterocycles. The van der Waals surface area contributed by atoms with E-state index in [2.05, 4.69) is 48.4 Å². The molecule has 1 aliphatic heterocycles. The van der Waals surface area contributed by atoms with E-state index < -0.39 is 0 Å². The predicted octanol–water partition coefficient (Wildman–Crippen LogP) is 2.64. The normalized spacial score (nSPS) is 16.0. The third-order valence-corrected chi connectivity index (χ3v) is 4.05. The van der Waals surface area contributed by atoms with Gasteiger partial charge in [-0.05, 0) is 37.2 Å². The quantitative estimate of drug-likeness (QED) is 0.874. The fraction of sp³-hybridized carbons (Fsp3) is 0.467. The van der Waals surface area contributed by atoms with Crippen LogP contribution in [-0.2, 0) is 13.0 Å². The first kappa shape index (κ1) is 17.4. The third-order valence-electron chi connectivity index (χ3n) is 3.55. The lowest BCUT2D eigenvalue weighted by atomic mass is 10.1. The smallest absolute Gasteiger partial charge is 0.240 e. The number of hydrogen-bond donors (Lipinski definition) is 1. The van der Waals surface area contributed by atoms with Crippen LogP contribution in [0.2, 0.25) is 0 Å². The third kappa shape index (κ3) is 5.05. The first-order chi connectivity index (χ1) is 10.3. The Hall–Kier alpha value is -0.950. The molecule has 1 aromatic heterocycles. The minimum atomic E-state index is 0. The minimum Gasteiger partial charge on any atom is -0.338 e. The maximum Gasteiger partial charge on any atom is 0.240 e. The van der Waals surface area contributed by atoms with E-state index in [1.54, 1.807) is 0 Å². The highest BCUT2D eigenvalue weighted by atomic mass is 79.9. The highest BCUT2D eigenvalue weighted by Crippen LogP contribution is 2.14. The van der Waals surface area contributed by atoms with Gasteiger partial charge in [0.25, 0.3) is 0 Å². The number of halogens is 2. The second kappa shape index (κ2) is 8.62. The molecule has 22 heavy (non-hydrogen) atoms. The van der Waals surface area contributed by atoms with Gasteiger partial charge in [-0.15, -0.1) is 12.4 Å². The van der Waals surface area contributed by atoms with Crippen LogP contribution in [0.5, 0.6) is 0 Å². The number of nitrogens with one attached hydrogen (secondary N) is 1. The molecule has 0 saturated carbocycles. The molecule has 0 bridgehead atoms. The molecule has 1 aromatic carbocycles. The molecule has 2 aromatic rings. The van der Waals surface area contributed by atoms with Crippen LogP contribution in [0.3, 0.4) is 0 Å². The van der Waals surface area contributed by atoms with Crippen molar-refractivity contribution in [2.45, 2.75) is 19.4 Å². The molecule has 0 radical (unpaired) electrons. The van der Waals surface area contributed by atoms with Crippen molar-refractivity contribution in [3.05, 3.63) is 46.0 Å². The minimum absolute atomic E-state index is 0. The summed E-state index contributed by atoms with van der Waals surface area (Å²) in [5.74, 6) is 1.46. The zero-order valence-corrected chi connectivity index (χ0v) is 14.7. The van der Waals surface area contributed by atoms with E-state index in [1.807, 2.05) is 12.1 Å². The van der Waals surface area contributed by atoms with Crippen LogP contribution in [-0.4, -0.2) is 41.2 Å². The van der Waals surface area contributed by atoms with Crippen LogP contribution < -0.4 is 5.32 Å². The Morgan fingerprint density at radius 1 is 1.27 bits per heavy atom. The number of nitrogens with zero attached hydrogens (tertiary/aromatic N) is 3. The Kier molecular flexibility index (Phi) is 6.82. The first-order valence-corrected chi connectivity index (χ1v) is 8.08. The van der Waals surface area contributed by atoms with Crippen LogP contribution in [0.25, 0.3) is 0 Å². The van der Waals surface area contributed by atoms with E-state index in [4.69, 9.17) is 4.52 Å². The Labute approximate surface area is 145 Å². The Morgan fingerprint density at radius 2 is 2.18 bits per heavy atom. The summed E-state index contributed by atoms with van der Waals surface area (Å²) in [6.45, 7) is 4.97. The summed E-state index contributed by atoms with van der Waals surface area (Å²) in [6, 6.07) is 8.18. The molecule has 0 atom stereocenters. The van der Waals surface area contributed by atoms with E-state index in [0.717, 1.165) is 43.0 Å². The Morgan fingerprint density at radius 3 is 3.05 bits per heavy atom. The van der Waals surface area contributed by atoms with Crippen LogP contribution in [0.4, 0.5) is 0 Å². The molecule has 0 spiro atoms. The van der Waals surface area contributed by atoms with Crippen molar-refractivity contribution in [3.63, 3.8) is 0 Å². The summed E-state index contributed by atoms with van der Waals surface area (Å²) in [6.07, 6.45) is 1.86. The lowest BCUT2D eigenvalue weighted by Crippen LogP contribution is -2.27. The molecular weight excluding hydrogens is 368 g/mol. The van der Waals surface area contributed by atoms with Gasteiger partial charge in [0.15, 0.2) is 5.82 Å². The number of hydrogen-bond acceptors (Lipinski definition) is 5. The lowest BCUT2D eigenvalue weighted by Gasteiger charge is -2.16. The molecule has 1 N–H and O–H groups in total. The molecule has 5 nitrogen and oxygen atoms in total. The van der Waals surface area contributed by atoms with Crippen LogP contribution >= 0.6 is 28.3 Å². The number of rotatable bonds is 4. The van der Waals surface area contributed by atoms with E-state index in [1.165, 1.54) is 12.0 Å². The monoisotopic (exact) mass is 386 g/mol. The molecule has 0 aliphatic carbocycles. The molecular formula is C15H20BrClN4O. The highest BCUT2D eigenvalue weighted by Gasteiger charge is 2.13. The molecule has 120 valence electrons. The van der Waals surface area contributed by atoms with Gasteiger partial charge in [-0.1, -0.05) is 33.2 Å². The summed E-state index contributed by atoms with van der Waals surface area (Å²) in [4.78, 5) is 6.86. The van der Waals surface area contributed by atoms with Crippen molar-refractivity contribution in [1.82, 2.24) is 20.4 Å². The maximum absolute atomic E-state index is 5.38. The molecule has 3 rings (SSSR count). The zero-order valence-electron chi connectivity index (χ0n) is 12.3. The lowest BCUT2D eigenvalue weighted by molar-refractivity contribution is 0.238. The van der Waals surface area contributed by atoms with E-state index in [0.29, 0.717) is 12.3 Å². The first-order valence-electron chi connectivity index (χ1n) is 7.28. The fourth-order valence-corrected chi connectivity index (χ4v) is 2.95. The maximum atomic E-state index is 5.38. The van der Waals surface area contributed by atoms with Gasteiger partial charge < -0.3 is 9.84 Å². The van der Waals surface area contributed by atoms with Crippen molar-refractivity contribution in [2.75, 3.05) is 26.2 Å². The Balaban J connectivity index is 0.00000176. The van der Waals surface area contributed by atoms with Gasteiger partial charge in [-0.25, -0.2) is 0 Å². The van der Waals surface area contributed by atoms with Gasteiger partial charge in [-0.3, -0.25) is 4.90 Å². The van der Waals surface area contributed by atoms with Gasteiger partial charge in [0.1, 0.15) is 0 Å². The van der Waals surface area contributed by atoms with Gasteiger partial charge in [-0.2, -0.15) is 4.98 Å². The van der Waals surface area contributed by atoms with Gasteiger partial charge in [0.05, 0.1) is 6.54 Å². The summed E-state index contributed by atoms with van der Waals surface area (Å²) in [5, 5.41) is 7.48. The van der Waals surface area contributed by atoms with E-state index >= 15 is 0 Å². The average molecular weight is 388 g/mol. The van der Waals surface area contributed by atoms with E-state index in [9.17, 15) is 0 Å². The average Bonchev–Trinajstić information content (AvgIpc) is 2.73. The van der Waals surface area contributed by atoms with Crippen molar-refractivity contribution in [1.29, 1.82) is 0 Å². The van der Waals surface area contributed by atoms with Crippen LogP contribution in [0.15, 0.2) is 33.3 Å². The molecule has 7 heteroatoms. The molecule has 1 saturated heterocycles. The van der Waals surface area contributed by atoms with E-state index in [-0.39, 0.29) is 12.4 Å². The molecule has 0 unspecified atom stereocenters. The van der Waals surface area contributed by atoms with Crippen molar-refractivity contribution < 1.29 is 4.52 Å². The summed E-state index contributed by atoms with van der Waals surface area (Å²) >= 11 is 3.48. The van der Waals surface area contributed by atoms with Crippen LogP contribution in [0, 0.1) is 0 Å². The summed E-state index contributed by atoms with van der Waals surface area (Å²) < 4.78 is 6.45. The standard InChI is InChI=1S/C15H19BrN4O.ClH/c16-13-4-1-3-12(9-13)10-14-18-15(21-19-14)11-20-7-2-5-17-6-8-20;/h1,3-4,9,17H,2,5-8,10-11H2;1H. The second-order valence-electron chi connectivity index (χ2n) is 5.29. The SMILES string of the molecule is Brc1cccc(Cc2noc(CN3CCCNCC3)n2)c1.Cl. The van der Waals surface area contributed by atoms with Gasteiger partial charge >= 0.3 is 0 Å². The molecule has 1 fully saturated rings.